The molecule has 0 bridgehead atoms. The van der Waals surface area contributed by atoms with Crippen LogP contribution >= 0.6 is 0 Å². The van der Waals surface area contributed by atoms with E-state index in [1.165, 1.54) is 26.4 Å². The average Bonchev–Trinajstić information content (AvgIpc) is 3.48. The van der Waals surface area contributed by atoms with Gasteiger partial charge in [-0.15, -0.1) is 0 Å². The van der Waals surface area contributed by atoms with Gasteiger partial charge >= 0.3 is 6.18 Å². The van der Waals surface area contributed by atoms with Crippen LogP contribution in [0, 0.1) is 6.92 Å². The minimum Gasteiger partial charge on any atom is -0.497 e. The van der Waals surface area contributed by atoms with E-state index in [4.69, 9.17) is 9.47 Å². The van der Waals surface area contributed by atoms with Gasteiger partial charge in [-0.2, -0.15) is 23.0 Å². The number of anilines is 1. The highest BCUT2D eigenvalue weighted by Gasteiger charge is 2.36. The molecule has 2 aromatic heterocycles. The Hall–Kier alpha value is -3.99. The molecule has 2 N–H and O–H groups in total. The standard InChI is InChI=1S/C26H25F3N4O4/c1-14-8-20-23(15-9-18(36-2)12-19(10-15)37-3)31-33(25(35)24(20)30-14)22-11-16(32-7-6-17(34)13-32)4-5-21(22)26(27,28)29/h4-5,8-12,17,30,34H,6-7,13H2,1-3H3. The molecule has 1 unspecified atom stereocenters. The number of nitrogens with one attached hydrogen (secondary N) is 1. The molecule has 1 saturated heterocycles. The number of aliphatic hydroxyl groups is 1. The van der Waals surface area contributed by atoms with Gasteiger partial charge in [0.25, 0.3) is 5.56 Å². The number of fused-ring (bicyclic) bond motifs is 1. The maximum Gasteiger partial charge on any atom is 0.418 e. The van der Waals surface area contributed by atoms with Crippen molar-refractivity contribution in [1.29, 1.82) is 0 Å². The van der Waals surface area contributed by atoms with Gasteiger partial charge in [0.15, 0.2) is 0 Å². The molecule has 8 nitrogen and oxygen atoms in total. The summed E-state index contributed by atoms with van der Waals surface area (Å²) < 4.78 is 53.9. The van der Waals surface area contributed by atoms with Gasteiger partial charge in [0.1, 0.15) is 22.7 Å². The number of hydrogen-bond donors (Lipinski definition) is 2. The van der Waals surface area contributed by atoms with Gasteiger partial charge in [-0.3, -0.25) is 4.79 Å². The van der Waals surface area contributed by atoms with E-state index in [1.54, 1.807) is 36.1 Å². The number of H-pyrrole nitrogens is 1. The van der Waals surface area contributed by atoms with Crippen LogP contribution in [0.15, 0.2) is 47.3 Å². The van der Waals surface area contributed by atoms with Crippen LogP contribution in [-0.2, 0) is 6.18 Å². The first kappa shape index (κ1) is 24.7. The van der Waals surface area contributed by atoms with Gasteiger partial charge in [-0.1, -0.05) is 0 Å². The van der Waals surface area contributed by atoms with E-state index in [-0.39, 0.29) is 17.8 Å². The van der Waals surface area contributed by atoms with Crippen LogP contribution in [0.1, 0.15) is 17.7 Å². The molecule has 0 aliphatic carbocycles. The number of aromatic amines is 1. The molecule has 194 valence electrons. The number of aryl methyl sites for hydroxylation is 1. The Morgan fingerprint density at radius 1 is 1.08 bits per heavy atom. The van der Waals surface area contributed by atoms with E-state index in [2.05, 4.69) is 10.1 Å². The van der Waals surface area contributed by atoms with Gasteiger partial charge in [-0.25, -0.2) is 0 Å². The van der Waals surface area contributed by atoms with E-state index in [1.807, 2.05) is 0 Å². The molecule has 11 heteroatoms. The van der Waals surface area contributed by atoms with Crippen molar-refractivity contribution in [3.05, 3.63) is 64.1 Å². The largest absolute Gasteiger partial charge is 0.497 e. The highest BCUT2D eigenvalue weighted by atomic mass is 19.4. The Balaban J connectivity index is 1.80. The number of β-amino-alcohol motifs (C(OH)–C–C–N with tert-alkyl or cyclic N) is 1. The highest BCUT2D eigenvalue weighted by molar-refractivity contribution is 5.93. The first-order valence-corrected chi connectivity index (χ1v) is 11.6. The Kier molecular flexibility index (Phi) is 6.10. The van der Waals surface area contributed by atoms with Gasteiger partial charge in [0.05, 0.1) is 31.6 Å². The second kappa shape index (κ2) is 9.15. The molecular formula is C26H25F3N4O4. The van der Waals surface area contributed by atoms with Gasteiger partial charge < -0.3 is 24.5 Å². The summed E-state index contributed by atoms with van der Waals surface area (Å²) in [6, 6.07) is 10.3. The van der Waals surface area contributed by atoms with E-state index in [9.17, 15) is 23.1 Å². The molecule has 0 radical (unpaired) electrons. The summed E-state index contributed by atoms with van der Waals surface area (Å²) in [6.07, 6.45) is -4.80. The summed E-state index contributed by atoms with van der Waals surface area (Å²) in [5, 5.41) is 14.9. The van der Waals surface area contributed by atoms with Crippen LogP contribution in [0.5, 0.6) is 11.5 Å². The quantitative estimate of drug-likeness (QED) is 0.413. The first-order valence-electron chi connectivity index (χ1n) is 11.6. The second-order valence-electron chi connectivity index (χ2n) is 9.00. The van der Waals surface area contributed by atoms with Crippen molar-refractivity contribution in [3.63, 3.8) is 0 Å². The lowest BCUT2D eigenvalue weighted by atomic mass is 10.1. The molecule has 2 aromatic carbocycles. The molecule has 1 aliphatic heterocycles. The summed E-state index contributed by atoms with van der Waals surface area (Å²) in [5.41, 5.74) is -0.0962. The summed E-state index contributed by atoms with van der Waals surface area (Å²) in [5.74, 6) is 0.916. The monoisotopic (exact) mass is 514 g/mol. The summed E-state index contributed by atoms with van der Waals surface area (Å²) in [6.45, 7) is 2.52. The first-order chi connectivity index (χ1) is 17.6. The summed E-state index contributed by atoms with van der Waals surface area (Å²) in [4.78, 5) is 18.3. The third-order valence-electron chi connectivity index (χ3n) is 6.48. The van der Waals surface area contributed by atoms with Crippen molar-refractivity contribution in [2.24, 2.45) is 0 Å². The number of aliphatic hydroxyl groups excluding tert-OH is 1. The number of rotatable bonds is 5. The molecule has 1 fully saturated rings. The van der Waals surface area contributed by atoms with Gasteiger partial charge in [-0.05, 0) is 49.7 Å². The lowest BCUT2D eigenvalue weighted by Crippen LogP contribution is -2.26. The Morgan fingerprint density at radius 3 is 2.38 bits per heavy atom. The minimum atomic E-state index is -4.74. The fourth-order valence-electron chi connectivity index (χ4n) is 4.68. The number of halogens is 3. The van der Waals surface area contributed by atoms with Crippen LogP contribution in [0.25, 0.3) is 27.8 Å². The molecule has 1 atom stereocenters. The Labute approximate surface area is 209 Å². The summed E-state index contributed by atoms with van der Waals surface area (Å²) in [7, 11) is 2.97. The minimum absolute atomic E-state index is 0.124. The maximum atomic E-state index is 14.1. The topological polar surface area (TPSA) is 92.6 Å². The number of benzene rings is 2. The summed E-state index contributed by atoms with van der Waals surface area (Å²) >= 11 is 0. The number of aromatic nitrogens is 3. The van der Waals surface area contributed by atoms with Crippen molar-refractivity contribution in [2.75, 3.05) is 32.2 Å². The third-order valence-corrected chi connectivity index (χ3v) is 6.48. The average molecular weight is 515 g/mol. The van der Waals surface area contributed by atoms with Gasteiger partial charge in [0.2, 0.25) is 0 Å². The van der Waals surface area contributed by atoms with Crippen molar-refractivity contribution in [3.8, 4) is 28.4 Å². The van der Waals surface area contributed by atoms with Crippen LogP contribution in [0.3, 0.4) is 0 Å². The zero-order valence-electron chi connectivity index (χ0n) is 20.4. The number of hydrogen-bond acceptors (Lipinski definition) is 6. The third kappa shape index (κ3) is 4.50. The van der Waals surface area contributed by atoms with Crippen LogP contribution in [-0.4, -0.2) is 53.3 Å². The van der Waals surface area contributed by atoms with Crippen LogP contribution < -0.4 is 19.9 Å². The molecule has 0 saturated carbocycles. The normalized spacial score (nSPS) is 16.0. The van der Waals surface area contributed by atoms with Gasteiger partial charge in [0, 0.05) is 41.5 Å². The maximum absolute atomic E-state index is 14.1. The number of nitrogens with zero attached hydrogens (tertiary/aromatic N) is 3. The Bertz CT molecular complexity index is 1520. The zero-order chi connectivity index (χ0) is 26.5. The number of methoxy groups -OCH3 is 2. The zero-order valence-corrected chi connectivity index (χ0v) is 20.4. The van der Waals surface area contributed by atoms with E-state index in [0.29, 0.717) is 46.8 Å². The Morgan fingerprint density at radius 2 is 1.78 bits per heavy atom. The molecule has 3 heterocycles. The van der Waals surface area contributed by atoms with Crippen molar-refractivity contribution in [1.82, 2.24) is 14.8 Å². The molecule has 0 amide bonds. The van der Waals surface area contributed by atoms with E-state index >= 15 is 0 Å². The fraction of sp³-hybridized carbons (Fsp3) is 0.308. The predicted molar refractivity (Wildman–Crippen MR) is 133 cm³/mol. The SMILES string of the molecule is COc1cc(OC)cc(-c2nn(-c3cc(N4CCC(O)C4)ccc3C(F)(F)F)c(=O)c3[nH]c(C)cc23)c1. The van der Waals surface area contributed by atoms with Crippen LogP contribution in [0.2, 0.25) is 0 Å². The van der Waals surface area contributed by atoms with E-state index in [0.717, 1.165) is 10.7 Å². The highest BCUT2D eigenvalue weighted by Crippen LogP contribution is 2.37. The molecular weight excluding hydrogens is 489 g/mol. The van der Waals surface area contributed by atoms with Crippen molar-refractivity contribution >= 4 is 16.6 Å². The number of ether oxygens (including phenoxy) is 2. The second-order valence-corrected chi connectivity index (χ2v) is 9.00. The lowest BCUT2D eigenvalue weighted by molar-refractivity contribution is -0.137. The van der Waals surface area contributed by atoms with Crippen LogP contribution in [0.4, 0.5) is 18.9 Å². The predicted octanol–water partition coefficient (Wildman–Crippen LogP) is 4.30. The lowest BCUT2D eigenvalue weighted by Gasteiger charge is -2.21. The van der Waals surface area contributed by atoms with Crippen molar-refractivity contribution in [2.45, 2.75) is 25.6 Å². The molecule has 1 aliphatic rings. The fourth-order valence-corrected chi connectivity index (χ4v) is 4.68. The molecule has 0 spiro atoms. The number of alkyl halides is 3. The molecule has 5 rings (SSSR count). The molecule has 4 aromatic rings. The molecule has 37 heavy (non-hydrogen) atoms. The van der Waals surface area contributed by atoms with Crippen molar-refractivity contribution < 1.29 is 27.8 Å². The van der Waals surface area contributed by atoms with E-state index < -0.39 is 29.1 Å². The smallest absolute Gasteiger partial charge is 0.418 e.